The molecular formula is C28H27F2N3O4. The molecule has 0 radical (unpaired) electrons. The second-order valence-electron chi connectivity index (χ2n) is 9.05. The number of halogens is 2. The molecule has 0 saturated carbocycles. The molecule has 0 N–H and O–H groups in total. The van der Waals surface area contributed by atoms with E-state index in [2.05, 4.69) is 4.90 Å². The summed E-state index contributed by atoms with van der Waals surface area (Å²) in [6.07, 6.45) is 0. The second-order valence-corrected chi connectivity index (χ2v) is 9.05. The first-order valence-electron chi connectivity index (χ1n) is 12.0. The molecule has 0 aromatic heterocycles. The van der Waals surface area contributed by atoms with Gasteiger partial charge < -0.3 is 14.4 Å². The van der Waals surface area contributed by atoms with Crippen molar-refractivity contribution in [3.8, 4) is 11.5 Å². The van der Waals surface area contributed by atoms with E-state index < -0.39 is 11.6 Å². The van der Waals surface area contributed by atoms with Crippen LogP contribution in [-0.4, -0.2) is 62.0 Å². The molecule has 2 aliphatic heterocycles. The molecule has 1 saturated heterocycles. The zero-order chi connectivity index (χ0) is 26.1. The summed E-state index contributed by atoms with van der Waals surface area (Å²) in [6, 6.07) is 14.5. The van der Waals surface area contributed by atoms with Gasteiger partial charge in [-0.25, -0.2) is 8.78 Å². The maximum absolute atomic E-state index is 14.1. The molecule has 5 rings (SSSR count). The summed E-state index contributed by atoms with van der Waals surface area (Å²) in [6.45, 7) is 2.53. The lowest BCUT2D eigenvalue weighted by atomic mass is 10.1. The number of imide groups is 1. The summed E-state index contributed by atoms with van der Waals surface area (Å²) in [7, 11) is 3.07. The minimum Gasteiger partial charge on any atom is -0.493 e. The van der Waals surface area contributed by atoms with Crippen LogP contribution in [0, 0.1) is 11.6 Å². The van der Waals surface area contributed by atoms with Crippen molar-refractivity contribution in [1.82, 2.24) is 9.80 Å². The van der Waals surface area contributed by atoms with Crippen LogP contribution in [0.1, 0.15) is 31.8 Å². The van der Waals surface area contributed by atoms with Gasteiger partial charge in [-0.05, 0) is 42.0 Å². The summed E-state index contributed by atoms with van der Waals surface area (Å²) < 4.78 is 38.8. The van der Waals surface area contributed by atoms with Crippen LogP contribution >= 0.6 is 0 Å². The van der Waals surface area contributed by atoms with E-state index in [1.807, 2.05) is 11.0 Å². The predicted molar refractivity (Wildman–Crippen MR) is 134 cm³/mol. The fourth-order valence-corrected chi connectivity index (χ4v) is 4.94. The lowest BCUT2D eigenvalue weighted by molar-refractivity contribution is 0.0642. The largest absolute Gasteiger partial charge is 0.493 e. The molecule has 9 heteroatoms. The molecule has 0 spiro atoms. The lowest BCUT2D eigenvalue weighted by Crippen LogP contribution is -2.46. The summed E-state index contributed by atoms with van der Waals surface area (Å²) in [5.41, 5.74) is 2.26. The van der Waals surface area contributed by atoms with Gasteiger partial charge in [0.15, 0.2) is 11.5 Å². The number of hydrogen-bond donors (Lipinski definition) is 0. The molecule has 0 unspecified atom stereocenters. The third-order valence-electron chi connectivity index (χ3n) is 6.92. The molecule has 2 amide bonds. The fraction of sp³-hybridized carbons (Fsp3) is 0.286. The Morgan fingerprint density at radius 1 is 0.784 bits per heavy atom. The van der Waals surface area contributed by atoms with Crippen LogP contribution in [0.15, 0.2) is 54.6 Å². The monoisotopic (exact) mass is 507 g/mol. The molecule has 37 heavy (non-hydrogen) atoms. The van der Waals surface area contributed by atoms with Gasteiger partial charge in [-0.1, -0.05) is 18.2 Å². The number of rotatable bonds is 7. The highest BCUT2D eigenvalue weighted by atomic mass is 19.1. The first-order chi connectivity index (χ1) is 17.9. The third-order valence-corrected chi connectivity index (χ3v) is 6.92. The zero-order valence-electron chi connectivity index (χ0n) is 20.7. The SMILES string of the molecule is COc1ccc(CN2C(=O)c3cccc(N4CCN(Cc5c(F)cccc5F)CC4)c3C2=O)cc1OC. The van der Waals surface area contributed by atoms with Crippen molar-refractivity contribution in [2.45, 2.75) is 13.1 Å². The average Bonchev–Trinajstić information content (AvgIpc) is 3.16. The molecule has 2 aliphatic rings. The van der Waals surface area contributed by atoms with Crippen molar-refractivity contribution < 1.29 is 27.8 Å². The molecule has 192 valence electrons. The topological polar surface area (TPSA) is 62.3 Å². The lowest BCUT2D eigenvalue weighted by Gasteiger charge is -2.36. The minimum atomic E-state index is -0.554. The van der Waals surface area contributed by atoms with Gasteiger partial charge in [-0.3, -0.25) is 19.4 Å². The molecular weight excluding hydrogens is 480 g/mol. The summed E-state index contributed by atoms with van der Waals surface area (Å²) in [4.78, 5) is 31.9. The normalized spacial score (nSPS) is 15.8. The highest BCUT2D eigenvalue weighted by Gasteiger charge is 2.39. The van der Waals surface area contributed by atoms with Crippen molar-refractivity contribution >= 4 is 17.5 Å². The Bertz CT molecular complexity index is 1330. The van der Waals surface area contributed by atoms with Crippen molar-refractivity contribution in [3.63, 3.8) is 0 Å². The van der Waals surface area contributed by atoms with Crippen LogP contribution in [0.4, 0.5) is 14.5 Å². The Balaban J connectivity index is 1.32. The van der Waals surface area contributed by atoms with Crippen LogP contribution in [-0.2, 0) is 13.1 Å². The van der Waals surface area contributed by atoms with Crippen molar-refractivity contribution in [2.24, 2.45) is 0 Å². The fourth-order valence-electron chi connectivity index (χ4n) is 4.94. The first kappa shape index (κ1) is 24.7. The number of nitrogens with zero attached hydrogens (tertiary/aromatic N) is 3. The zero-order valence-corrected chi connectivity index (χ0v) is 20.7. The van der Waals surface area contributed by atoms with Crippen molar-refractivity contribution in [3.05, 3.63) is 88.5 Å². The van der Waals surface area contributed by atoms with Crippen molar-refractivity contribution in [1.29, 1.82) is 0 Å². The third kappa shape index (κ3) is 4.62. The number of carbonyl (C=O) groups excluding carboxylic acids is 2. The van der Waals surface area contributed by atoms with Crippen LogP contribution in [0.2, 0.25) is 0 Å². The number of piperazine rings is 1. The molecule has 3 aromatic rings. The van der Waals surface area contributed by atoms with Crippen LogP contribution in [0.5, 0.6) is 11.5 Å². The Hall–Kier alpha value is -3.98. The van der Waals surface area contributed by atoms with Crippen LogP contribution in [0.3, 0.4) is 0 Å². The van der Waals surface area contributed by atoms with E-state index in [4.69, 9.17) is 9.47 Å². The number of benzene rings is 3. The van der Waals surface area contributed by atoms with Gasteiger partial charge in [-0.15, -0.1) is 0 Å². The Morgan fingerprint density at radius 2 is 1.46 bits per heavy atom. The molecule has 0 atom stereocenters. The van der Waals surface area contributed by atoms with Gasteiger partial charge in [-0.2, -0.15) is 0 Å². The molecule has 3 aromatic carbocycles. The van der Waals surface area contributed by atoms with Gasteiger partial charge in [0.1, 0.15) is 11.6 Å². The number of carbonyl (C=O) groups is 2. The van der Waals surface area contributed by atoms with E-state index in [1.54, 1.807) is 37.4 Å². The van der Waals surface area contributed by atoms with Gasteiger partial charge in [0.05, 0.1) is 37.6 Å². The quantitative estimate of drug-likeness (QED) is 0.449. The van der Waals surface area contributed by atoms with Gasteiger partial charge in [0.25, 0.3) is 11.8 Å². The van der Waals surface area contributed by atoms with E-state index in [-0.39, 0.29) is 30.5 Å². The Labute approximate surface area is 213 Å². The highest BCUT2D eigenvalue weighted by Crippen LogP contribution is 2.34. The van der Waals surface area contributed by atoms with Crippen LogP contribution < -0.4 is 14.4 Å². The smallest absolute Gasteiger partial charge is 0.263 e. The number of methoxy groups -OCH3 is 2. The summed E-state index contributed by atoms with van der Waals surface area (Å²) in [5.74, 6) is -0.714. The predicted octanol–water partition coefficient (Wildman–Crippen LogP) is 4.10. The van der Waals surface area contributed by atoms with Crippen molar-refractivity contribution in [2.75, 3.05) is 45.3 Å². The van der Waals surface area contributed by atoms with E-state index in [1.165, 1.54) is 30.2 Å². The Morgan fingerprint density at radius 3 is 2.14 bits per heavy atom. The summed E-state index contributed by atoms with van der Waals surface area (Å²) in [5, 5.41) is 0. The van der Waals surface area contributed by atoms with E-state index in [9.17, 15) is 18.4 Å². The second kappa shape index (κ2) is 10.2. The maximum Gasteiger partial charge on any atom is 0.263 e. The molecule has 2 heterocycles. The summed E-state index contributed by atoms with van der Waals surface area (Å²) >= 11 is 0. The van der Waals surface area contributed by atoms with Crippen LogP contribution in [0.25, 0.3) is 0 Å². The molecule has 0 aliphatic carbocycles. The number of amides is 2. The maximum atomic E-state index is 14.1. The first-order valence-corrected chi connectivity index (χ1v) is 12.0. The van der Waals surface area contributed by atoms with Gasteiger partial charge in [0.2, 0.25) is 0 Å². The van der Waals surface area contributed by atoms with Gasteiger partial charge >= 0.3 is 0 Å². The van der Waals surface area contributed by atoms with E-state index in [0.29, 0.717) is 54.5 Å². The number of ether oxygens (including phenoxy) is 2. The highest BCUT2D eigenvalue weighted by molar-refractivity contribution is 6.23. The number of fused-ring (bicyclic) bond motifs is 1. The Kier molecular flexibility index (Phi) is 6.80. The number of hydrogen-bond acceptors (Lipinski definition) is 6. The number of anilines is 1. The van der Waals surface area contributed by atoms with Gasteiger partial charge in [0, 0.05) is 38.3 Å². The standard InChI is InChI=1S/C28H27F2N3O4/c1-36-24-10-9-18(15-25(24)37-2)16-33-27(34)19-5-3-8-23(26(19)28(33)35)32-13-11-31(12-14-32)17-20-21(29)6-4-7-22(20)30/h3-10,15H,11-14,16-17H2,1-2H3. The molecule has 1 fully saturated rings. The minimum absolute atomic E-state index is 0.0585. The molecule has 0 bridgehead atoms. The van der Waals surface area contributed by atoms with E-state index in [0.717, 1.165) is 5.56 Å². The average molecular weight is 508 g/mol. The van der Waals surface area contributed by atoms with E-state index >= 15 is 0 Å². The molecule has 7 nitrogen and oxygen atoms in total.